The molecule has 2 aromatic heterocycles. The minimum atomic E-state index is -4.27. The van der Waals surface area contributed by atoms with Gasteiger partial charge >= 0.3 is 12.3 Å². The highest BCUT2D eigenvalue weighted by Gasteiger charge is 2.42. The zero-order valence-corrected chi connectivity index (χ0v) is 13.9. The monoisotopic (exact) mass is 442 g/mol. The highest BCUT2D eigenvalue weighted by atomic mass is 19.3. The zero-order valence-electron chi connectivity index (χ0n) is 13.9. The van der Waals surface area contributed by atoms with Crippen molar-refractivity contribution in [2.75, 3.05) is 0 Å². The first-order valence-electron chi connectivity index (χ1n) is 7.44. The van der Waals surface area contributed by atoms with Gasteiger partial charge in [-0.15, -0.1) is 10.2 Å². The number of rotatable bonds is 2. The van der Waals surface area contributed by atoms with E-state index in [0.717, 1.165) is 18.2 Å². The van der Waals surface area contributed by atoms with E-state index in [9.17, 15) is 35.1 Å². The minimum absolute atomic E-state index is 0.135. The van der Waals surface area contributed by atoms with Crippen LogP contribution in [0.1, 0.15) is 5.56 Å². The molecule has 0 unspecified atom stereocenters. The number of hydrogen-bond acceptors (Lipinski definition) is 6. The Morgan fingerprint density at radius 1 is 0.833 bits per heavy atom. The standard InChI is InChI=1S/C8H5F4N3O.C6HF4N3O/c9-7(10)8(11,12)4-1-2-5-6(3-4)15(16)14-13-5;7-1-2(8)4(10)6-5(3(1)9)11-12-13(6)14/h1-3,7,16H;14H. The van der Waals surface area contributed by atoms with Crippen molar-refractivity contribution in [2.45, 2.75) is 12.3 Å². The Balaban J connectivity index is 0.000000172. The number of aromatic nitrogens is 6. The molecule has 0 atom stereocenters. The van der Waals surface area contributed by atoms with Crippen molar-refractivity contribution in [1.82, 2.24) is 30.3 Å². The van der Waals surface area contributed by atoms with Crippen LogP contribution >= 0.6 is 0 Å². The summed E-state index contributed by atoms with van der Waals surface area (Å²) in [7, 11) is 0. The molecule has 2 heterocycles. The van der Waals surface area contributed by atoms with E-state index in [0.29, 0.717) is 0 Å². The van der Waals surface area contributed by atoms with Crippen molar-refractivity contribution in [3.63, 3.8) is 0 Å². The number of benzene rings is 2. The number of hydrogen-bond donors (Lipinski definition) is 2. The van der Waals surface area contributed by atoms with Gasteiger partial charge in [0.1, 0.15) is 11.0 Å². The third kappa shape index (κ3) is 3.29. The van der Waals surface area contributed by atoms with Crippen molar-refractivity contribution in [3.8, 4) is 0 Å². The van der Waals surface area contributed by atoms with E-state index in [4.69, 9.17) is 10.4 Å². The summed E-state index contributed by atoms with van der Waals surface area (Å²) in [5, 5.41) is 30.1. The third-order valence-electron chi connectivity index (χ3n) is 3.73. The molecule has 160 valence electrons. The largest absolute Gasteiger partial charge is 0.410 e. The number of nitrogens with zero attached hydrogens (tertiary/aromatic N) is 6. The van der Waals surface area contributed by atoms with Crippen LogP contribution in [0, 0.1) is 23.3 Å². The van der Waals surface area contributed by atoms with Gasteiger partial charge in [-0.1, -0.05) is 15.8 Å². The number of alkyl halides is 4. The second-order valence-electron chi connectivity index (χ2n) is 5.54. The lowest BCUT2D eigenvalue weighted by atomic mass is 10.1. The molecule has 0 saturated carbocycles. The molecule has 0 aliphatic rings. The minimum Gasteiger partial charge on any atom is -0.410 e. The summed E-state index contributed by atoms with van der Waals surface area (Å²) >= 11 is 0. The Labute approximate surface area is 158 Å². The predicted octanol–water partition coefficient (Wildman–Crippen LogP) is 3.25. The first-order valence-corrected chi connectivity index (χ1v) is 7.44. The van der Waals surface area contributed by atoms with E-state index in [-0.39, 0.29) is 20.7 Å². The molecule has 0 amide bonds. The van der Waals surface area contributed by atoms with Gasteiger partial charge in [-0.3, -0.25) is 0 Å². The molecule has 0 bridgehead atoms. The summed E-state index contributed by atoms with van der Waals surface area (Å²) in [5.74, 6) is -11.7. The fraction of sp³-hybridized carbons (Fsp3) is 0.143. The van der Waals surface area contributed by atoms with Gasteiger partial charge in [0.2, 0.25) is 0 Å². The Kier molecular flexibility index (Phi) is 5.09. The smallest absolute Gasteiger partial charge is 0.332 e. The maximum Gasteiger partial charge on any atom is 0.332 e. The van der Waals surface area contributed by atoms with Crippen LogP contribution in [0.2, 0.25) is 0 Å². The quantitative estimate of drug-likeness (QED) is 0.214. The van der Waals surface area contributed by atoms with Crippen molar-refractivity contribution < 1.29 is 45.5 Å². The topological polar surface area (TPSA) is 102 Å². The normalized spacial score (nSPS) is 11.9. The summed E-state index contributed by atoms with van der Waals surface area (Å²) in [4.78, 5) is 0.0800. The van der Waals surface area contributed by atoms with E-state index in [1.165, 1.54) is 0 Å². The van der Waals surface area contributed by atoms with Gasteiger partial charge in [0, 0.05) is 5.56 Å². The lowest BCUT2D eigenvalue weighted by molar-refractivity contribution is -0.135. The molecule has 8 nitrogen and oxygen atoms in total. The van der Waals surface area contributed by atoms with Crippen molar-refractivity contribution in [3.05, 3.63) is 47.0 Å². The lowest BCUT2D eigenvalue weighted by Gasteiger charge is -2.15. The molecule has 30 heavy (non-hydrogen) atoms. The van der Waals surface area contributed by atoms with Gasteiger partial charge in [0.05, 0.1) is 0 Å². The van der Waals surface area contributed by atoms with Crippen molar-refractivity contribution >= 4 is 22.1 Å². The molecular weight excluding hydrogens is 436 g/mol. The maximum atomic E-state index is 13.0. The Bertz CT molecular complexity index is 1240. The second kappa shape index (κ2) is 7.27. The molecule has 4 aromatic rings. The molecule has 0 spiro atoms. The van der Waals surface area contributed by atoms with Crippen LogP contribution in [-0.2, 0) is 5.92 Å². The Hall–Kier alpha value is -3.72. The van der Waals surface area contributed by atoms with Gasteiger partial charge in [-0.2, -0.15) is 8.78 Å². The fourth-order valence-corrected chi connectivity index (χ4v) is 2.25. The summed E-state index contributed by atoms with van der Waals surface area (Å²) in [6, 6.07) is 2.63. The van der Waals surface area contributed by atoms with E-state index in [1.54, 1.807) is 0 Å². The Morgan fingerprint density at radius 2 is 1.43 bits per heavy atom. The highest BCUT2D eigenvalue weighted by Crippen LogP contribution is 2.35. The van der Waals surface area contributed by atoms with Crippen LogP contribution in [0.4, 0.5) is 35.1 Å². The molecule has 4 rings (SSSR count). The van der Waals surface area contributed by atoms with E-state index >= 15 is 0 Å². The predicted molar refractivity (Wildman–Crippen MR) is 79.2 cm³/mol. The average Bonchev–Trinajstić information content (AvgIpc) is 3.28. The van der Waals surface area contributed by atoms with E-state index in [2.05, 4.69) is 20.6 Å². The molecule has 0 fully saturated rings. The SMILES string of the molecule is On1nnc2c(F)c(F)c(F)c(F)c21.On1nnc2ccc(C(F)(F)C(F)F)cc21. The van der Waals surface area contributed by atoms with Gasteiger partial charge in [-0.25, -0.2) is 26.3 Å². The molecule has 2 aromatic carbocycles. The van der Waals surface area contributed by atoms with Crippen molar-refractivity contribution in [1.29, 1.82) is 0 Å². The molecule has 0 radical (unpaired) electrons. The first kappa shape index (κ1) is 21.0. The average molecular weight is 442 g/mol. The van der Waals surface area contributed by atoms with Gasteiger partial charge in [0.15, 0.2) is 34.3 Å². The molecule has 16 heteroatoms. The summed E-state index contributed by atoms with van der Waals surface area (Å²) in [6.45, 7) is 0. The summed E-state index contributed by atoms with van der Waals surface area (Å²) < 4.78 is 101. The number of fused-ring (bicyclic) bond motifs is 2. The van der Waals surface area contributed by atoms with Gasteiger partial charge in [-0.05, 0) is 22.6 Å². The molecular formula is C14H6F8N6O2. The van der Waals surface area contributed by atoms with Crippen LogP contribution in [0.5, 0.6) is 0 Å². The Morgan fingerprint density at radius 3 is 2.07 bits per heavy atom. The van der Waals surface area contributed by atoms with Crippen LogP contribution in [-0.4, -0.2) is 47.2 Å². The third-order valence-corrected chi connectivity index (χ3v) is 3.73. The van der Waals surface area contributed by atoms with E-state index in [1.807, 2.05) is 0 Å². The van der Waals surface area contributed by atoms with Gasteiger partial charge < -0.3 is 10.4 Å². The molecule has 0 aliphatic heterocycles. The van der Waals surface area contributed by atoms with Crippen LogP contribution in [0.15, 0.2) is 18.2 Å². The lowest BCUT2D eigenvalue weighted by Crippen LogP contribution is -2.23. The summed E-state index contributed by atoms with van der Waals surface area (Å²) in [6.07, 6.45) is -3.81. The second-order valence-corrected chi connectivity index (χ2v) is 5.54. The highest BCUT2D eigenvalue weighted by molar-refractivity contribution is 5.76. The first-order chi connectivity index (χ1) is 14.0. The van der Waals surface area contributed by atoms with Crippen LogP contribution in [0.3, 0.4) is 0 Å². The molecule has 2 N–H and O–H groups in total. The van der Waals surface area contributed by atoms with Crippen LogP contribution in [0.25, 0.3) is 22.1 Å². The number of halogens is 8. The molecule has 0 saturated heterocycles. The fourth-order valence-electron chi connectivity index (χ4n) is 2.25. The molecule has 0 aliphatic carbocycles. The maximum absolute atomic E-state index is 13.0. The van der Waals surface area contributed by atoms with E-state index < -0.39 is 52.2 Å². The van der Waals surface area contributed by atoms with Crippen molar-refractivity contribution in [2.24, 2.45) is 0 Å². The van der Waals surface area contributed by atoms with Crippen LogP contribution < -0.4 is 0 Å². The zero-order chi connectivity index (χ0) is 22.4. The summed E-state index contributed by atoms with van der Waals surface area (Å²) in [5.41, 5.74) is -2.73. The van der Waals surface area contributed by atoms with Gasteiger partial charge in [0.25, 0.3) is 0 Å².